The van der Waals surface area contributed by atoms with Crippen LogP contribution in [0, 0.1) is 11.6 Å². The Labute approximate surface area is 200 Å². The van der Waals surface area contributed by atoms with Gasteiger partial charge in [0.2, 0.25) is 5.95 Å². The average molecular weight is 472 g/mol. The predicted octanol–water partition coefficient (Wildman–Crippen LogP) is 4.89. The van der Waals surface area contributed by atoms with Gasteiger partial charge in [-0.25, -0.2) is 18.4 Å². The number of rotatable bonds is 8. The molecule has 5 rings (SSSR count). The summed E-state index contributed by atoms with van der Waals surface area (Å²) in [5.74, 6) is -0.782. The summed E-state index contributed by atoms with van der Waals surface area (Å²) in [7, 11) is 0. The molecular weight excluding hydrogens is 450 g/mol. The van der Waals surface area contributed by atoms with Crippen LogP contribution in [0.3, 0.4) is 0 Å². The highest BCUT2D eigenvalue weighted by Gasteiger charge is 2.21. The standard InChI is InChI=1S/C26H22F2N6O/c27-20-13-7-12-19(22(20)28)23-21-24(29)34(16-17-8-3-1-4-9-17)33-25(21)32-26(31-23)30-14-15-35-18-10-5-2-6-11-18/h1-13H,14-16,29H2,(H,30,32,33). The number of hydrogen-bond acceptors (Lipinski definition) is 6. The lowest BCUT2D eigenvalue weighted by molar-refractivity contribution is 0.332. The van der Waals surface area contributed by atoms with Gasteiger partial charge in [-0.15, -0.1) is 5.10 Å². The van der Waals surface area contributed by atoms with Crippen LogP contribution in [0.25, 0.3) is 22.3 Å². The Balaban J connectivity index is 1.50. The van der Waals surface area contributed by atoms with Crippen LogP contribution in [0.15, 0.2) is 78.9 Å². The topological polar surface area (TPSA) is 90.9 Å². The number of benzene rings is 3. The molecule has 35 heavy (non-hydrogen) atoms. The number of nitrogens with zero attached hydrogens (tertiary/aromatic N) is 4. The molecule has 0 bridgehead atoms. The molecule has 5 aromatic rings. The fourth-order valence-electron chi connectivity index (χ4n) is 3.74. The van der Waals surface area contributed by atoms with Gasteiger partial charge in [0.25, 0.3) is 0 Å². The zero-order valence-corrected chi connectivity index (χ0v) is 18.7. The van der Waals surface area contributed by atoms with E-state index in [9.17, 15) is 8.78 Å². The number of para-hydroxylation sites is 1. The second-order valence-corrected chi connectivity index (χ2v) is 7.81. The summed E-state index contributed by atoms with van der Waals surface area (Å²) in [4.78, 5) is 8.96. The molecule has 2 aromatic heterocycles. The Morgan fingerprint density at radius 2 is 1.63 bits per heavy atom. The van der Waals surface area contributed by atoms with Gasteiger partial charge in [-0.3, -0.25) is 0 Å². The summed E-state index contributed by atoms with van der Waals surface area (Å²) < 4.78 is 36.1. The number of nitrogen functional groups attached to an aromatic ring is 1. The monoisotopic (exact) mass is 472 g/mol. The lowest BCUT2D eigenvalue weighted by Crippen LogP contribution is -2.13. The number of fused-ring (bicyclic) bond motifs is 1. The number of hydrogen-bond donors (Lipinski definition) is 2. The summed E-state index contributed by atoms with van der Waals surface area (Å²) in [5, 5.41) is 7.97. The first kappa shape index (κ1) is 22.3. The van der Waals surface area contributed by atoms with E-state index in [2.05, 4.69) is 20.4 Å². The number of nitrogens with one attached hydrogen (secondary N) is 1. The number of halogens is 2. The molecule has 0 radical (unpaired) electrons. The van der Waals surface area contributed by atoms with Crippen LogP contribution in [0.5, 0.6) is 5.75 Å². The van der Waals surface area contributed by atoms with E-state index < -0.39 is 11.6 Å². The normalized spacial score (nSPS) is 11.0. The van der Waals surface area contributed by atoms with Gasteiger partial charge in [-0.2, -0.15) is 4.98 Å². The van der Waals surface area contributed by atoms with E-state index >= 15 is 0 Å². The van der Waals surface area contributed by atoms with E-state index in [1.165, 1.54) is 12.1 Å². The lowest BCUT2D eigenvalue weighted by Gasteiger charge is -2.10. The highest BCUT2D eigenvalue weighted by Crippen LogP contribution is 2.33. The maximum atomic E-state index is 14.8. The first-order valence-corrected chi connectivity index (χ1v) is 11.0. The minimum Gasteiger partial charge on any atom is -0.492 e. The largest absolute Gasteiger partial charge is 0.492 e. The van der Waals surface area contributed by atoms with Crippen molar-refractivity contribution in [3.63, 3.8) is 0 Å². The van der Waals surface area contributed by atoms with E-state index in [0.29, 0.717) is 25.1 Å². The van der Waals surface area contributed by atoms with Crippen molar-refractivity contribution in [1.29, 1.82) is 0 Å². The van der Waals surface area contributed by atoms with Crippen LogP contribution in [0.1, 0.15) is 5.56 Å². The van der Waals surface area contributed by atoms with E-state index in [1.54, 1.807) is 4.68 Å². The molecule has 0 unspecified atom stereocenters. The van der Waals surface area contributed by atoms with Gasteiger partial charge >= 0.3 is 0 Å². The summed E-state index contributed by atoms with van der Waals surface area (Å²) in [5.41, 5.74) is 7.81. The SMILES string of the molecule is Nc1c2c(-c3cccc(F)c3F)nc(NCCOc3ccccc3)nc2nn1Cc1ccccc1. The van der Waals surface area contributed by atoms with Crippen LogP contribution in [-0.4, -0.2) is 32.9 Å². The van der Waals surface area contributed by atoms with Gasteiger partial charge < -0.3 is 15.8 Å². The van der Waals surface area contributed by atoms with Crippen molar-refractivity contribution in [2.45, 2.75) is 6.54 Å². The highest BCUT2D eigenvalue weighted by molar-refractivity contribution is 5.99. The zero-order chi connectivity index (χ0) is 24.2. The van der Waals surface area contributed by atoms with Crippen molar-refractivity contribution >= 4 is 22.8 Å². The van der Waals surface area contributed by atoms with Gasteiger partial charge in [-0.1, -0.05) is 54.6 Å². The van der Waals surface area contributed by atoms with Crippen LogP contribution in [0.4, 0.5) is 20.5 Å². The van der Waals surface area contributed by atoms with Crippen molar-refractivity contribution in [2.24, 2.45) is 0 Å². The molecule has 0 saturated heterocycles. The quantitative estimate of drug-likeness (QED) is 0.313. The van der Waals surface area contributed by atoms with Gasteiger partial charge in [0.15, 0.2) is 17.3 Å². The maximum absolute atomic E-state index is 14.8. The van der Waals surface area contributed by atoms with Crippen LogP contribution in [0.2, 0.25) is 0 Å². The maximum Gasteiger partial charge on any atom is 0.225 e. The Morgan fingerprint density at radius 1 is 0.886 bits per heavy atom. The fraction of sp³-hybridized carbons (Fsp3) is 0.115. The third-order valence-electron chi connectivity index (χ3n) is 5.42. The molecule has 7 nitrogen and oxygen atoms in total. The van der Waals surface area contributed by atoms with Gasteiger partial charge in [0, 0.05) is 5.56 Å². The molecular formula is C26H22F2N6O. The second kappa shape index (κ2) is 9.76. The van der Waals surface area contributed by atoms with Crippen LogP contribution < -0.4 is 15.8 Å². The Hall–Kier alpha value is -4.53. The smallest absolute Gasteiger partial charge is 0.225 e. The van der Waals surface area contributed by atoms with E-state index in [1.807, 2.05) is 60.7 Å². The van der Waals surface area contributed by atoms with Gasteiger partial charge in [-0.05, 0) is 29.8 Å². The zero-order valence-electron chi connectivity index (χ0n) is 18.7. The molecule has 0 aliphatic rings. The molecule has 0 spiro atoms. The third kappa shape index (κ3) is 4.74. The Morgan fingerprint density at radius 3 is 2.40 bits per heavy atom. The van der Waals surface area contributed by atoms with Gasteiger partial charge in [0.1, 0.15) is 18.2 Å². The summed E-state index contributed by atoms with van der Waals surface area (Å²) in [6.07, 6.45) is 0. The summed E-state index contributed by atoms with van der Waals surface area (Å²) >= 11 is 0. The minimum absolute atomic E-state index is 0.0213. The third-order valence-corrected chi connectivity index (χ3v) is 5.42. The fourth-order valence-corrected chi connectivity index (χ4v) is 3.74. The van der Waals surface area contributed by atoms with E-state index in [4.69, 9.17) is 10.5 Å². The van der Waals surface area contributed by atoms with Crippen molar-refractivity contribution in [3.8, 4) is 17.0 Å². The van der Waals surface area contributed by atoms with Crippen molar-refractivity contribution in [1.82, 2.24) is 19.7 Å². The number of nitrogens with two attached hydrogens (primary N) is 1. The number of ether oxygens (including phenoxy) is 1. The van der Waals surface area contributed by atoms with Crippen molar-refractivity contribution < 1.29 is 13.5 Å². The molecule has 0 saturated carbocycles. The second-order valence-electron chi connectivity index (χ2n) is 7.81. The van der Waals surface area contributed by atoms with Crippen LogP contribution in [-0.2, 0) is 6.54 Å². The molecule has 0 fully saturated rings. The molecule has 3 aromatic carbocycles. The van der Waals surface area contributed by atoms with Gasteiger partial charge in [0.05, 0.1) is 24.2 Å². The molecule has 0 amide bonds. The van der Waals surface area contributed by atoms with Crippen molar-refractivity contribution in [3.05, 3.63) is 96.1 Å². The molecule has 2 heterocycles. The molecule has 0 aliphatic heterocycles. The molecule has 3 N–H and O–H groups in total. The molecule has 9 heteroatoms. The lowest BCUT2D eigenvalue weighted by atomic mass is 10.1. The highest BCUT2D eigenvalue weighted by atomic mass is 19.2. The molecule has 0 aliphatic carbocycles. The predicted molar refractivity (Wildman–Crippen MR) is 131 cm³/mol. The first-order chi connectivity index (χ1) is 17.1. The summed E-state index contributed by atoms with van der Waals surface area (Å²) in [6, 6.07) is 23.0. The average Bonchev–Trinajstić information content (AvgIpc) is 3.19. The Bertz CT molecular complexity index is 1460. The summed E-state index contributed by atoms with van der Waals surface area (Å²) in [6.45, 7) is 1.12. The minimum atomic E-state index is -1.01. The first-order valence-electron chi connectivity index (χ1n) is 11.0. The van der Waals surface area contributed by atoms with E-state index in [-0.39, 0.29) is 28.7 Å². The van der Waals surface area contributed by atoms with E-state index in [0.717, 1.165) is 17.4 Å². The number of anilines is 2. The number of aromatic nitrogens is 4. The molecule has 0 atom stereocenters. The van der Waals surface area contributed by atoms with Crippen molar-refractivity contribution in [2.75, 3.05) is 24.2 Å². The van der Waals surface area contributed by atoms with Crippen LogP contribution >= 0.6 is 0 Å². The Kier molecular flexibility index (Phi) is 6.21. The molecule has 176 valence electrons.